The van der Waals surface area contributed by atoms with E-state index in [1.54, 1.807) is 13.1 Å². The number of carbonyl (C=O) groups excluding carboxylic acids is 1. The van der Waals surface area contributed by atoms with E-state index in [0.29, 0.717) is 17.9 Å². The van der Waals surface area contributed by atoms with E-state index < -0.39 is 0 Å². The second kappa shape index (κ2) is 4.44. The number of fused-ring (bicyclic) bond motifs is 1. The van der Waals surface area contributed by atoms with Crippen LogP contribution in [0.25, 0.3) is 0 Å². The lowest BCUT2D eigenvalue weighted by molar-refractivity contribution is 0.0963. The Morgan fingerprint density at radius 3 is 2.93 bits per heavy atom. The summed E-state index contributed by atoms with van der Waals surface area (Å²) >= 11 is 0. The predicted molar refractivity (Wildman–Crippen MR) is 64.6 cm³/mol. The van der Waals surface area contributed by atoms with Gasteiger partial charge in [0.2, 0.25) is 0 Å². The Morgan fingerprint density at radius 2 is 2.27 bits per heavy atom. The van der Waals surface area contributed by atoms with Crippen molar-refractivity contribution in [2.75, 3.05) is 7.05 Å². The zero-order valence-electron chi connectivity index (χ0n) is 8.28. The van der Waals surface area contributed by atoms with Crippen molar-refractivity contribution < 1.29 is 4.79 Å². The van der Waals surface area contributed by atoms with Crippen LogP contribution in [0.1, 0.15) is 21.5 Å². The molecule has 0 fully saturated rings. The van der Waals surface area contributed by atoms with E-state index in [-0.39, 0.29) is 22.9 Å². The van der Waals surface area contributed by atoms with Crippen molar-refractivity contribution in [2.45, 2.75) is 6.54 Å². The molecule has 4 nitrogen and oxygen atoms in total. The molecule has 5 heteroatoms. The van der Waals surface area contributed by atoms with Gasteiger partial charge in [-0.1, -0.05) is 6.07 Å². The minimum Gasteiger partial charge on any atom is -0.383 e. The molecule has 1 heterocycles. The van der Waals surface area contributed by atoms with E-state index in [0.717, 1.165) is 11.1 Å². The fourth-order valence-corrected chi connectivity index (χ4v) is 1.52. The van der Waals surface area contributed by atoms with Crippen LogP contribution >= 0.6 is 17.0 Å². The molecule has 1 amide bonds. The van der Waals surface area contributed by atoms with E-state index in [1.165, 1.54) is 0 Å². The Labute approximate surface area is 98.3 Å². The first-order valence-corrected chi connectivity index (χ1v) is 4.37. The van der Waals surface area contributed by atoms with E-state index in [9.17, 15) is 4.79 Å². The van der Waals surface area contributed by atoms with Crippen LogP contribution < -0.4 is 11.1 Å². The smallest absolute Gasteiger partial charge is 0.251 e. The third-order valence-electron chi connectivity index (χ3n) is 2.29. The average molecular weight is 270 g/mol. The van der Waals surface area contributed by atoms with Crippen LogP contribution in [-0.2, 0) is 6.54 Å². The van der Waals surface area contributed by atoms with Crippen molar-refractivity contribution >= 4 is 28.7 Å². The number of nitrogens with zero attached hydrogens (tertiary/aromatic N) is 1. The molecule has 0 aromatic heterocycles. The molecule has 3 N–H and O–H groups in total. The summed E-state index contributed by atoms with van der Waals surface area (Å²) in [4.78, 5) is 15.4. The number of amidine groups is 1. The Hall–Kier alpha value is -1.36. The van der Waals surface area contributed by atoms with Gasteiger partial charge in [0.1, 0.15) is 5.84 Å². The molecule has 1 aliphatic heterocycles. The summed E-state index contributed by atoms with van der Waals surface area (Å²) in [6, 6.07) is 5.43. The van der Waals surface area contributed by atoms with Crippen molar-refractivity contribution in [3.8, 4) is 0 Å². The predicted octanol–water partition coefficient (Wildman–Crippen LogP) is 0.843. The van der Waals surface area contributed by atoms with E-state index in [4.69, 9.17) is 5.73 Å². The van der Waals surface area contributed by atoms with Gasteiger partial charge in [0.25, 0.3) is 5.91 Å². The van der Waals surface area contributed by atoms with Crippen molar-refractivity contribution in [1.82, 2.24) is 5.32 Å². The number of carbonyl (C=O) groups is 1. The van der Waals surface area contributed by atoms with Gasteiger partial charge < -0.3 is 11.1 Å². The first-order valence-electron chi connectivity index (χ1n) is 4.37. The normalized spacial score (nSPS) is 12.5. The fourth-order valence-electron chi connectivity index (χ4n) is 1.52. The molecule has 0 radical (unpaired) electrons. The molecular formula is C10H12BrN3O. The quantitative estimate of drug-likeness (QED) is 0.794. The number of amides is 1. The van der Waals surface area contributed by atoms with Gasteiger partial charge in [0.05, 0.1) is 6.54 Å². The molecule has 0 saturated heterocycles. The largest absolute Gasteiger partial charge is 0.383 e. The molecule has 0 bridgehead atoms. The second-order valence-corrected chi connectivity index (χ2v) is 3.15. The lowest BCUT2D eigenvalue weighted by Gasteiger charge is -2.03. The molecule has 0 atom stereocenters. The lowest BCUT2D eigenvalue weighted by Crippen LogP contribution is -2.18. The molecular weight excluding hydrogens is 258 g/mol. The number of aliphatic imine (C=N–C) groups is 1. The van der Waals surface area contributed by atoms with Gasteiger partial charge in [-0.15, -0.1) is 17.0 Å². The van der Waals surface area contributed by atoms with Crippen LogP contribution in [0.5, 0.6) is 0 Å². The number of nitrogens with two attached hydrogens (primary N) is 1. The molecule has 0 saturated carbocycles. The number of nitrogens with one attached hydrogen (secondary N) is 1. The highest BCUT2D eigenvalue weighted by atomic mass is 79.9. The van der Waals surface area contributed by atoms with Crippen LogP contribution in [0.3, 0.4) is 0 Å². The number of halogens is 1. The maximum Gasteiger partial charge on any atom is 0.251 e. The highest BCUT2D eigenvalue weighted by Gasteiger charge is 2.14. The van der Waals surface area contributed by atoms with Crippen LogP contribution in [0, 0.1) is 0 Å². The summed E-state index contributed by atoms with van der Waals surface area (Å²) in [5.41, 5.74) is 8.26. The Bertz CT molecular complexity index is 429. The molecule has 1 aliphatic rings. The van der Waals surface area contributed by atoms with Crippen molar-refractivity contribution in [2.24, 2.45) is 10.7 Å². The standard InChI is InChI=1S/C10H11N3O.BrH/c1-12-10(14)6-2-3-8-7(4-6)5-13-9(8)11;/h2-4H,5H2,1H3,(H2,11,13)(H,12,14);1H. The molecule has 1 aromatic rings. The van der Waals surface area contributed by atoms with Gasteiger partial charge in [-0.25, -0.2) is 0 Å². The van der Waals surface area contributed by atoms with E-state index in [1.807, 2.05) is 12.1 Å². The monoisotopic (exact) mass is 269 g/mol. The average Bonchev–Trinajstić information content (AvgIpc) is 2.59. The van der Waals surface area contributed by atoms with Crippen molar-refractivity contribution in [3.05, 3.63) is 34.9 Å². The van der Waals surface area contributed by atoms with Crippen LogP contribution in [0.15, 0.2) is 23.2 Å². The molecule has 0 spiro atoms. The number of hydrogen-bond donors (Lipinski definition) is 2. The Morgan fingerprint density at radius 1 is 1.53 bits per heavy atom. The maximum absolute atomic E-state index is 11.3. The van der Waals surface area contributed by atoms with E-state index >= 15 is 0 Å². The molecule has 0 aliphatic carbocycles. The molecule has 0 unspecified atom stereocenters. The molecule has 15 heavy (non-hydrogen) atoms. The van der Waals surface area contributed by atoms with Crippen molar-refractivity contribution in [3.63, 3.8) is 0 Å². The van der Waals surface area contributed by atoms with Gasteiger partial charge in [0.15, 0.2) is 0 Å². The molecule has 1 aromatic carbocycles. The highest BCUT2D eigenvalue weighted by Crippen LogP contribution is 2.18. The topological polar surface area (TPSA) is 67.5 Å². The van der Waals surface area contributed by atoms with Crippen LogP contribution in [-0.4, -0.2) is 18.8 Å². The van der Waals surface area contributed by atoms with Gasteiger partial charge in [-0.3, -0.25) is 9.79 Å². The minimum atomic E-state index is -0.0849. The maximum atomic E-state index is 11.3. The minimum absolute atomic E-state index is 0. The van der Waals surface area contributed by atoms with Crippen LogP contribution in [0.2, 0.25) is 0 Å². The Balaban J connectivity index is 0.00000112. The third kappa shape index (κ3) is 2.02. The second-order valence-electron chi connectivity index (χ2n) is 3.15. The first kappa shape index (κ1) is 11.7. The zero-order valence-corrected chi connectivity index (χ0v) is 9.99. The fraction of sp³-hybridized carbons (Fsp3) is 0.200. The summed E-state index contributed by atoms with van der Waals surface area (Å²) in [7, 11) is 1.61. The number of rotatable bonds is 1. The first-order chi connectivity index (χ1) is 6.72. The highest BCUT2D eigenvalue weighted by molar-refractivity contribution is 8.93. The third-order valence-corrected chi connectivity index (χ3v) is 2.29. The summed E-state index contributed by atoms with van der Waals surface area (Å²) in [6.45, 7) is 0.575. The van der Waals surface area contributed by atoms with Crippen molar-refractivity contribution in [1.29, 1.82) is 0 Å². The van der Waals surface area contributed by atoms with Gasteiger partial charge >= 0.3 is 0 Å². The summed E-state index contributed by atoms with van der Waals surface area (Å²) in [5.74, 6) is 0.474. The number of hydrogen-bond acceptors (Lipinski definition) is 3. The molecule has 2 rings (SSSR count). The SMILES string of the molecule is Br.CNC(=O)c1ccc2c(c1)CN=C2N. The summed E-state index contributed by atoms with van der Waals surface area (Å²) in [5, 5.41) is 2.58. The number of benzene rings is 1. The van der Waals surface area contributed by atoms with Gasteiger partial charge in [-0.05, 0) is 17.7 Å². The lowest BCUT2D eigenvalue weighted by atomic mass is 10.0. The Kier molecular flexibility index (Phi) is 3.47. The summed E-state index contributed by atoms with van der Waals surface area (Å²) in [6.07, 6.45) is 0. The van der Waals surface area contributed by atoms with E-state index in [2.05, 4.69) is 10.3 Å². The zero-order chi connectivity index (χ0) is 10.1. The molecule has 80 valence electrons. The van der Waals surface area contributed by atoms with Crippen LogP contribution in [0.4, 0.5) is 0 Å². The van der Waals surface area contributed by atoms with Gasteiger partial charge in [-0.2, -0.15) is 0 Å². The van der Waals surface area contributed by atoms with Gasteiger partial charge in [0, 0.05) is 18.2 Å². The summed E-state index contributed by atoms with van der Waals surface area (Å²) < 4.78 is 0.